The van der Waals surface area contributed by atoms with Gasteiger partial charge in [-0.25, -0.2) is 0 Å². The van der Waals surface area contributed by atoms with Gasteiger partial charge in [0.05, 0.1) is 0 Å². The van der Waals surface area contributed by atoms with Crippen molar-refractivity contribution in [2.75, 3.05) is 5.75 Å². The molecule has 4 atom stereocenters. The lowest BCUT2D eigenvalue weighted by atomic mass is 9.72. The topological polar surface area (TPSA) is 58.2 Å². The van der Waals surface area contributed by atoms with Crippen LogP contribution in [0.2, 0.25) is 0 Å². The van der Waals surface area contributed by atoms with Crippen molar-refractivity contribution >= 4 is 23.6 Å². The number of rotatable bonds is 5. The van der Waals surface area contributed by atoms with Crippen molar-refractivity contribution < 1.29 is 9.59 Å². The van der Waals surface area contributed by atoms with E-state index in [2.05, 4.69) is 29.7 Å². The summed E-state index contributed by atoms with van der Waals surface area (Å²) in [5, 5.41) is 6.29. The molecule has 3 rings (SSSR count). The number of hydrogen-bond donors (Lipinski definition) is 2. The highest BCUT2D eigenvalue weighted by Gasteiger charge is 2.38. The van der Waals surface area contributed by atoms with E-state index in [-0.39, 0.29) is 23.9 Å². The minimum Gasteiger partial charge on any atom is -0.353 e. The third-order valence-electron chi connectivity index (χ3n) is 5.19. The van der Waals surface area contributed by atoms with Gasteiger partial charge < -0.3 is 10.6 Å². The quantitative estimate of drug-likeness (QED) is 0.806. The molecule has 2 aliphatic rings. The summed E-state index contributed by atoms with van der Waals surface area (Å²) in [5.41, 5.74) is 0. The summed E-state index contributed by atoms with van der Waals surface area (Å²) in [6.07, 6.45) is 4.18. The van der Waals surface area contributed by atoms with Crippen molar-refractivity contribution in [1.29, 1.82) is 0 Å². The molecule has 24 heavy (non-hydrogen) atoms. The van der Waals surface area contributed by atoms with Gasteiger partial charge in [-0.3, -0.25) is 9.59 Å². The molecule has 1 aromatic rings. The summed E-state index contributed by atoms with van der Waals surface area (Å²) in [6.45, 7) is 2.18. The van der Waals surface area contributed by atoms with Gasteiger partial charge in [0.2, 0.25) is 11.8 Å². The van der Waals surface area contributed by atoms with Gasteiger partial charge in [-0.2, -0.15) is 0 Å². The predicted octanol–water partition coefficient (Wildman–Crippen LogP) is 2.98. The Morgan fingerprint density at radius 2 is 2.08 bits per heavy atom. The fourth-order valence-corrected chi connectivity index (χ4v) is 4.83. The molecule has 2 amide bonds. The van der Waals surface area contributed by atoms with Crippen LogP contribution in [0.3, 0.4) is 0 Å². The minimum atomic E-state index is 0.122. The Balaban J connectivity index is 1.41. The first-order valence-electron chi connectivity index (χ1n) is 8.88. The Morgan fingerprint density at radius 3 is 2.88 bits per heavy atom. The lowest BCUT2D eigenvalue weighted by Gasteiger charge is -2.43. The average molecular weight is 346 g/mol. The van der Waals surface area contributed by atoms with E-state index in [0.717, 1.165) is 25.0 Å². The molecule has 0 bridgehead atoms. The molecule has 130 valence electrons. The van der Waals surface area contributed by atoms with Crippen molar-refractivity contribution in [3.63, 3.8) is 0 Å². The maximum atomic E-state index is 12.2. The number of nitrogens with one attached hydrogen (secondary N) is 2. The molecule has 5 heteroatoms. The van der Waals surface area contributed by atoms with Crippen LogP contribution in [0.5, 0.6) is 0 Å². The average Bonchev–Trinajstić information content (AvgIpc) is 2.55. The number of thioether (sulfide) groups is 1. The number of carbonyl (C=O) groups is 2. The molecule has 2 N–H and O–H groups in total. The summed E-state index contributed by atoms with van der Waals surface area (Å²) in [4.78, 5) is 25.1. The SMILES string of the molecule is CC1CC(=O)NC2CC(NC(=O)CCSc3ccccc3)CCC12. The maximum absolute atomic E-state index is 12.2. The maximum Gasteiger partial charge on any atom is 0.221 e. The van der Waals surface area contributed by atoms with E-state index in [9.17, 15) is 9.59 Å². The number of fused-ring (bicyclic) bond motifs is 1. The zero-order chi connectivity index (χ0) is 16.9. The molecular weight excluding hydrogens is 320 g/mol. The number of benzene rings is 1. The highest BCUT2D eigenvalue weighted by atomic mass is 32.2. The molecule has 4 unspecified atom stereocenters. The molecule has 1 aliphatic carbocycles. The zero-order valence-corrected chi connectivity index (χ0v) is 15.0. The fraction of sp³-hybridized carbons (Fsp3) is 0.579. The minimum absolute atomic E-state index is 0.122. The smallest absolute Gasteiger partial charge is 0.221 e. The van der Waals surface area contributed by atoms with Crippen molar-refractivity contribution in [2.24, 2.45) is 11.8 Å². The largest absolute Gasteiger partial charge is 0.353 e. The first-order chi connectivity index (χ1) is 11.6. The van der Waals surface area contributed by atoms with E-state index >= 15 is 0 Å². The first-order valence-corrected chi connectivity index (χ1v) is 9.87. The van der Waals surface area contributed by atoms with Crippen molar-refractivity contribution in [1.82, 2.24) is 10.6 Å². The van der Waals surface area contributed by atoms with Gasteiger partial charge in [0.15, 0.2) is 0 Å². The van der Waals surface area contributed by atoms with E-state index in [1.807, 2.05) is 18.2 Å². The molecular formula is C19H26N2O2S. The number of piperidine rings is 1. The lowest BCUT2D eigenvalue weighted by Crippen LogP contribution is -2.54. The van der Waals surface area contributed by atoms with Crippen LogP contribution >= 0.6 is 11.8 Å². The first kappa shape index (κ1) is 17.3. The Hall–Kier alpha value is -1.49. The summed E-state index contributed by atoms with van der Waals surface area (Å²) >= 11 is 1.71. The molecule has 1 saturated heterocycles. The Labute approximate surface area is 148 Å². The second-order valence-corrected chi connectivity index (χ2v) is 8.18. The summed E-state index contributed by atoms with van der Waals surface area (Å²) < 4.78 is 0. The standard InChI is InChI=1S/C19H26N2O2S/c1-13-11-19(23)21-17-12-14(7-8-16(13)17)20-18(22)9-10-24-15-5-3-2-4-6-15/h2-6,13-14,16-17H,7-12H2,1H3,(H,20,22)(H,21,23). The van der Waals surface area contributed by atoms with Crippen LogP contribution in [0.1, 0.15) is 39.0 Å². The van der Waals surface area contributed by atoms with Crippen molar-refractivity contribution in [2.45, 2.75) is 56.0 Å². The summed E-state index contributed by atoms with van der Waals surface area (Å²) in [6, 6.07) is 10.6. The fourth-order valence-electron chi connectivity index (χ4n) is 3.96. The van der Waals surface area contributed by atoms with E-state index in [4.69, 9.17) is 0 Å². The Morgan fingerprint density at radius 1 is 1.29 bits per heavy atom. The lowest BCUT2D eigenvalue weighted by molar-refractivity contribution is -0.127. The van der Waals surface area contributed by atoms with Crippen LogP contribution in [0, 0.1) is 11.8 Å². The van der Waals surface area contributed by atoms with Crippen LogP contribution < -0.4 is 10.6 Å². The molecule has 0 spiro atoms. The van der Waals surface area contributed by atoms with E-state index in [1.54, 1.807) is 11.8 Å². The van der Waals surface area contributed by atoms with E-state index in [0.29, 0.717) is 24.7 Å². The molecule has 1 heterocycles. The molecule has 0 aromatic heterocycles. The van der Waals surface area contributed by atoms with Gasteiger partial charge >= 0.3 is 0 Å². The number of carbonyl (C=O) groups excluding carboxylic acids is 2. The normalized spacial score (nSPS) is 29.5. The van der Waals surface area contributed by atoms with Gasteiger partial charge in [0.25, 0.3) is 0 Å². The molecule has 2 fully saturated rings. The van der Waals surface area contributed by atoms with Crippen LogP contribution in [-0.4, -0.2) is 29.7 Å². The van der Waals surface area contributed by atoms with Gasteiger partial charge in [-0.1, -0.05) is 25.1 Å². The molecule has 0 radical (unpaired) electrons. The molecule has 1 aromatic carbocycles. The molecule has 1 aliphatic heterocycles. The van der Waals surface area contributed by atoms with Crippen molar-refractivity contribution in [3.8, 4) is 0 Å². The van der Waals surface area contributed by atoms with Gasteiger partial charge in [0.1, 0.15) is 0 Å². The highest BCUT2D eigenvalue weighted by molar-refractivity contribution is 7.99. The zero-order valence-electron chi connectivity index (χ0n) is 14.2. The van der Waals surface area contributed by atoms with E-state index in [1.165, 1.54) is 4.90 Å². The number of amides is 2. The highest BCUT2D eigenvalue weighted by Crippen LogP contribution is 2.35. The second-order valence-electron chi connectivity index (χ2n) is 7.01. The second kappa shape index (κ2) is 8.06. The van der Waals surface area contributed by atoms with Crippen LogP contribution in [0.15, 0.2) is 35.2 Å². The third-order valence-corrected chi connectivity index (χ3v) is 6.21. The van der Waals surface area contributed by atoms with Crippen molar-refractivity contribution in [3.05, 3.63) is 30.3 Å². The van der Waals surface area contributed by atoms with Gasteiger partial charge in [0, 0.05) is 35.6 Å². The van der Waals surface area contributed by atoms with Gasteiger partial charge in [-0.05, 0) is 43.2 Å². The third kappa shape index (κ3) is 4.53. The number of hydrogen-bond acceptors (Lipinski definition) is 3. The van der Waals surface area contributed by atoms with Gasteiger partial charge in [-0.15, -0.1) is 11.8 Å². The van der Waals surface area contributed by atoms with Crippen LogP contribution in [0.25, 0.3) is 0 Å². The van der Waals surface area contributed by atoms with Crippen LogP contribution in [-0.2, 0) is 9.59 Å². The van der Waals surface area contributed by atoms with Crippen LogP contribution in [0.4, 0.5) is 0 Å². The Bertz CT molecular complexity index is 578. The Kier molecular flexibility index (Phi) is 5.82. The van der Waals surface area contributed by atoms with E-state index < -0.39 is 0 Å². The monoisotopic (exact) mass is 346 g/mol. The summed E-state index contributed by atoms with van der Waals surface area (Å²) in [5.74, 6) is 2.11. The summed E-state index contributed by atoms with van der Waals surface area (Å²) in [7, 11) is 0. The molecule has 4 nitrogen and oxygen atoms in total. The molecule has 1 saturated carbocycles. The predicted molar refractivity (Wildman–Crippen MR) is 96.8 cm³/mol.